The Morgan fingerprint density at radius 1 is 1.67 bits per heavy atom. The third kappa shape index (κ3) is 1.36. The minimum Gasteiger partial charge on any atom is -0.464 e. The maximum Gasteiger partial charge on any atom is 0.358 e. The molecule has 4 nitrogen and oxygen atoms in total. The van der Waals surface area contributed by atoms with E-state index in [9.17, 15) is 4.79 Å². The lowest BCUT2D eigenvalue weighted by atomic mass is 10.3. The number of hydrogen-bond acceptors (Lipinski definition) is 3. The largest absolute Gasteiger partial charge is 0.464 e. The number of carbonyl (C=O) groups is 1. The van der Waals surface area contributed by atoms with Crippen LogP contribution in [0.5, 0.6) is 0 Å². The number of rotatable bonds is 1. The van der Waals surface area contributed by atoms with Gasteiger partial charge in [0, 0.05) is 12.6 Å². The lowest BCUT2D eigenvalue weighted by Crippen LogP contribution is -2.04. The molecule has 0 spiro atoms. The van der Waals surface area contributed by atoms with Gasteiger partial charge in [-0.05, 0) is 22.9 Å². The number of nitrogens with zero attached hydrogens (tertiary/aromatic N) is 2. The fourth-order valence-electron chi connectivity index (χ4n) is 0.900. The number of ether oxygens (including phenoxy) is 1. The normalized spacial score (nSPS) is 10.0. The van der Waals surface area contributed by atoms with Crippen LogP contribution in [0.1, 0.15) is 16.1 Å². The number of methoxy groups -OCH3 is 1. The summed E-state index contributed by atoms with van der Waals surface area (Å²) in [4.78, 5) is 11.1. The molecule has 0 aliphatic rings. The van der Waals surface area contributed by atoms with E-state index in [2.05, 4.69) is 25.8 Å². The minimum atomic E-state index is -0.409. The highest BCUT2D eigenvalue weighted by molar-refractivity contribution is 9.10. The Bertz CT molecular complexity index is 319. The van der Waals surface area contributed by atoms with Crippen LogP contribution in [0.4, 0.5) is 0 Å². The number of esters is 1. The Labute approximate surface area is 78.6 Å². The average molecular weight is 233 g/mol. The van der Waals surface area contributed by atoms with Crippen molar-refractivity contribution < 1.29 is 9.53 Å². The van der Waals surface area contributed by atoms with Crippen molar-refractivity contribution in [3.8, 4) is 0 Å². The quantitative estimate of drug-likeness (QED) is 0.686. The van der Waals surface area contributed by atoms with Crippen LogP contribution in [0.2, 0.25) is 0 Å². The van der Waals surface area contributed by atoms with Gasteiger partial charge in [-0.2, -0.15) is 5.10 Å². The minimum absolute atomic E-state index is 0.354. The molecule has 1 aromatic heterocycles. The Kier molecular flexibility index (Phi) is 2.52. The standard InChI is InChI=1S/C7H9BrN2O2/c1-4-5(7(11)12-3)9-10(2)6(4)8/h1-3H3. The molecule has 66 valence electrons. The predicted octanol–water partition coefficient (Wildman–Crippen LogP) is 1.28. The summed E-state index contributed by atoms with van der Waals surface area (Å²) in [5.74, 6) is -0.409. The van der Waals surface area contributed by atoms with E-state index in [1.54, 1.807) is 11.7 Å². The monoisotopic (exact) mass is 232 g/mol. The molecule has 12 heavy (non-hydrogen) atoms. The van der Waals surface area contributed by atoms with Gasteiger partial charge in [-0.15, -0.1) is 0 Å². The van der Waals surface area contributed by atoms with E-state index in [0.717, 1.165) is 10.2 Å². The van der Waals surface area contributed by atoms with Crippen molar-refractivity contribution in [2.75, 3.05) is 7.11 Å². The highest BCUT2D eigenvalue weighted by atomic mass is 79.9. The Hall–Kier alpha value is -0.840. The smallest absolute Gasteiger partial charge is 0.358 e. The first kappa shape index (κ1) is 9.25. The molecule has 0 saturated heterocycles. The highest BCUT2D eigenvalue weighted by Gasteiger charge is 2.16. The number of aromatic nitrogens is 2. The van der Waals surface area contributed by atoms with E-state index in [1.165, 1.54) is 7.11 Å². The van der Waals surface area contributed by atoms with E-state index >= 15 is 0 Å². The zero-order valence-electron chi connectivity index (χ0n) is 7.09. The molecule has 0 N–H and O–H groups in total. The summed E-state index contributed by atoms with van der Waals surface area (Å²) in [6.07, 6.45) is 0. The summed E-state index contributed by atoms with van der Waals surface area (Å²) in [6.45, 7) is 1.81. The SMILES string of the molecule is COC(=O)c1nn(C)c(Br)c1C. The van der Waals surface area contributed by atoms with Gasteiger partial charge in [0.2, 0.25) is 0 Å². The number of halogens is 1. The van der Waals surface area contributed by atoms with Gasteiger partial charge in [-0.25, -0.2) is 4.79 Å². The number of carbonyl (C=O) groups excluding carboxylic acids is 1. The van der Waals surface area contributed by atoms with Crippen molar-refractivity contribution >= 4 is 21.9 Å². The van der Waals surface area contributed by atoms with Gasteiger partial charge in [0.25, 0.3) is 0 Å². The third-order valence-electron chi connectivity index (χ3n) is 1.58. The van der Waals surface area contributed by atoms with Gasteiger partial charge >= 0.3 is 5.97 Å². The van der Waals surface area contributed by atoms with Gasteiger partial charge in [0.15, 0.2) is 5.69 Å². The van der Waals surface area contributed by atoms with Gasteiger partial charge in [0.1, 0.15) is 4.60 Å². The second kappa shape index (κ2) is 3.26. The van der Waals surface area contributed by atoms with E-state index in [4.69, 9.17) is 0 Å². The molecule has 0 aliphatic heterocycles. The van der Waals surface area contributed by atoms with E-state index < -0.39 is 5.97 Å². The molecule has 0 aliphatic carbocycles. The molecule has 5 heteroatoms. The number of aryl methyl sites for hydroxylation is 1. The summed E-state index contributed by atoms with van der Waals surface area (Å²) in [5, 5.41) is 3.98. The van der Waals surface area contributed by atoms with Crippen LogP contribution in [-0.2, 0) is 11.8 Å². The van der Waals surface area contributed by atoms with Crippen molar-refractivity contribution in [2.45, 2.75) is 6.92 Å². The number of hydrogen-bond donors (Lipinski definition) is 0. The molecule has 0 aromatic carbocycles. The molecule has 1 rings (SSSR count). The molecule has 1 aromatic rings. The molecule has 0 atom stereocenters. The van der Waals surface area contributed by atoms with Crippen molar-refractivity contribution in [3.63, 3.8) is 0 Å². The lowest BCUT2D eigenvalue weighted by Gasteiger charge is -1.93. The fourth-order valence-corrected chi connectivity index (χ4v) is 1.17. The van der Waals surface area contributed by atoms with Crippen LogP contribution in [-0.4, -0.2) is 22.9 Å². The fraction of sp³-hybridized carbons (Fsp3) is 0.429. The maximum absolute atomic E-state index is 11.1. The predicted molar refractivity (Wildman–Crippen MR) is 47.0 cm³/mol. The van der Waals surface area contributed by atoms with Crippen LogP contribution >= 0.6 is 15.9 Å². The molecule has 0 amide bonds. The van der Waals surface area contributed by atoms with Gasteiger partial charge in [0.05, 0.1) is 7.11 Å². The molecule has 1 heterocycles. The van der Waals surface area contributed by atoms with Crippen molar-refractivity contribution in [1.29, 1.82) is 0 Å². The molecule has 0 fully saturated rings. The average Bonchev–Trinajstić information content (AvgIpc) is 2.32. The van der Waals surface area contributed by atoms with E-state index in [-0.39, 0.29) is 0 Å². The van der Waals surface area contributed by atoms with E-state index in [0.29, 0.717) is 5.69 Å². The highest BCUT2D eigenvalue weighted by Crippen LogP contribution is 2.18. The van der Waals surface area contributed by atoms with Crippen LogP contribution in [0.15, 0.2) is 4.60 Å². The van der Waals surface area contributed by atoms with Crippen LogP contribution in [0.25, 0.3) is 0 Å². The van der Waals surface area contributed by atoms with Crippen molar-refractivity contribution in [2.24, 2.45) is 7.05 Å². The van der Waals surface area contributed by atoms with Crippen molar-refractivity contribution in [3.05, 3.63) is 15.9 Å². The molecule has 0 unspecified atom stereocenters. The molecular weight excluding hydrogens is 224 g/mol. The third-order valence-corrected chi connectivity index (χ3v) is 2.69. The second-order valence-electron chi connectivity index (χ2n) is 2.38. The first-order valence-corrected chi connectivity index (χ1v) is 4.14. The Balaban J connectivity index is 3.17. The Morgan fingerprint density at radius 3 is 2.58 bits per heavy atom. The van der Waals surface area contributed by atoms with Crippen LogP contribution < -0.4 is 0 Å². The van der Waals surface area contributed by atoms with Gasteiger partial charge in [-0.1, -0.05) is 0 Å². The lowest BCUT2D eigenvalue weighted by molar-refractivity contribution is 0.0592. The topological polar surface area (TPSA) is 44.1 Å². The first-order valence-electron chi connectivity index (χ1n) is 3.35. The molecular formula is C7H9BrN2O2. The van der Waals surface area contributed by atoms with Crippen LogP contribution in [0.3, 0.4) is 0 Å². The summed E-state index contributed by atoms with van der Waals surface area (Å²) in [5.41, 5.74) is 1.15. The second-order valence-corrected chi connectivity index (χ2v) is 3.13. The Morgan fingerprint density at radius 2 is 2.25 bits per heavy atom. The summed E-state index contributed by atoms with van der Waals surface area (Å²) in [6, 6.07) is 0. The van der Waals surface area contributed by atoms with Gasteiger partial charge in [-0.3, -0.25) is 4.68 Å². The zero-order valence-corrected chi connectivity index (χ0v) is 8.67. The molecule has 0 saturated carbocycles. The van der Waals surface area contributed by atoms with Gasteiger partial charge < -0.3 is 4.74 Å². The van der Waals surface area contributed by atoms with Crippen LogP contribution in [0, 0.1) is 6.92 Å². The maximum atomic E-state index is 11.1. The molecule has 0 radical (unpaired) electrons. The summed E-state index contributed by atoms with van der Waals surface area (Å²) < 4.78 is 6.93. The van der Waals surface area contributed by atoms with E-state index in [1.807, 2.05) is 6.92 Å². The summed E-state index contributed by atoms with van der Waals surface area (Å²) >= 11 is 3.29. The summed E-state index contributed by atoms with van der Waals surface area (Å²) in [7, 11) is 3.09. The molecule has 0 bridgehead atoms. The van der Waals surface area contributed by atoms with Crippen molar-refractivity contribution in [1.82, 2.24) is 9.78 Å². The zero-order chi connectivity index (χ0) is 9.30. The first-order chi connectivity index (χ1) is 5.57.